The SMILES string of the molecule is CC(C)NC12CN(C1)C(=O)OCC=CCCCC[C@](C)(C(=O)C(C)C)NCC2=O. The number of hydrogen-bond donors (Lipinski definition) is 2. The number of ether oxygens (including phenoxy) is 1. The average Bonchev–Trinajstić information content (AvgIpc) is 2.62. The molecule has 1 saturated heterocycles. The molecule has 0 radical (unpaired) electrons. The number of nitrogens with one attached hydrogen (secondary N) is 2. The fourth-order valence-electron chi connectivity index (χ4n) is 4.15. The van der Waals surface area contributed by atoms with Crippen molar-refractivity contribution in [2.24, 2.45) is 5.92 Å². The molecule has 0 aromatic carbocycles. The summed E-state index contributed by atoms with van der Waals surface area (Å²) in [4.78, 5) is 39.8. The minimum Gasteiger partial charge on any atom is -0.445 e. The molecular weight excluding hydrogens is 370 g/mol. The predicted molar refractivity (Wildman–Crippen MR) is 113 cm³/mol. The summed E-state index contributed by atoms with van der Waals surface area (Å²) in [7, 11) is 0. The van der Waals surface area contributed by atoms with E-state index in [0.29, 0.717) is 6.42 Å². The van der Waals surface area contributed by atoms with Crippen molar-refractivity contribution in [1.82, 2.24) is 15.5 Å². The zero-order valence-corrected chi connectivity index (χ0v) is 18.5. The minimum atomic E-state index is -0.797. The van der Waals surface area contributed by atoms with E-state index in [0.717, 1.165) is 19.3 Å². The number of nitrogens with zero attached hydrogens (tertiary/aromatic N) is 1. The van der Waals surface area contributed by atoms with Crippen LogP contribution >= 0.6 is 0 Å². The molecule has 7 heteroatoms. The Balaban J connectivity index is 2.21. The van der Waals surface area contributed by atoms with Crippen molar-refractivity contribution in [3.05, 3.63) is 12.2 Å². The Morgan fingerprint density at radius 3 is 2.48 bits per heavy atom. The van der Waals surface area contributed by atoms with Gasteiger partial charge in [0.25, 0.3) is 0 Å². The Labute approximate surface area is 174 Å². The van der Waals surface area contributed by atoms with Gasteiger partial charge >= 0.3 is 6.09 Å². The molecule has 0 aromatic rings. The first-order chi connectivity index (χ1) is 13.6. The fourth-order valence-corrected chi connectivity index (χ4v) is 4.15. The summed E-state index contributed by atoms with van der Waals surface area (Å²) in [6.07, 6.45) is 6.84. The van der Waals surface area contributed by atoms with E-state index < -0.39 is 17.2 Å². The van der Waals surface area contributed by atoms with Crippen LogP contribution in [-0.2, 0) is 14.3 Å². The molecule has 29 heavy (non-hydrogen) atoms. The first-order valence-corrected chi connectivity index (χ1v) is 10.8. The maximum Gasteiger partial charge on any atom is 0.410 e. The number of hydrogen-bond acceptors (Lipinski definition) is 6. The van der Waals surface area contributed by atoms with Gasteiger partial charge in [-0.15, -0.1) is 0 Å². The van der Waals surface area contributed by atoms with Crippen molar-refractivity contribution < 1.29 is 19.1 Å². The number of fused-ring (bicyclic) bond motifs is 11. The molecule has 0 saturated carbocycles. The molecule has 3 rings (SSSR count). The van der Waals surface area contributed by atoms with Crippen molar-refractivity contribution in [2.45, 2.75) is 77.4 Å². The number of rotatable bonds is 4. The lowest BCUT2D eigenvalue weighted by atomic mass is 9.81. The lowest BCUT2D eigenvalue weighted by Gasteiger charge is -2.49. The zero-order chi connectivity index (χ0) is 21.7. The fraction of sp³-hybridized carbons (Fsp3) is 0.773. The third-order valence-electron chi connectivity index (χ3n) is 5.75. The van der Waals surface area contributed by atoms with E-state index in [1.807, 2.05) is 46.8 Å². The third kappa shape index (κ3) is 5.89. The second-order valence-electron chi connectivity index (χ2n) is 9.16. The Kier molecular flexibility index (Phi) is 8.00. The third-order valence-corrected chi connectivity index (χ3v) is 5.75. The van der Waals surface area contributed by atoms with Crippen LogP contribution in [0.1, 0.15) is 60.3 Å². The smallest absolute Gasteiger partial charge is 0.410 e. The Hall–Kier alpha value is -1.73. The van der Waals surface area contributed by atoms with Gasteiger partial charge in [-0.25, -0.2) is 4.79 Å². The maximum atomic E-state index is 13.2. The highest BCUT2D eigenvalue weighted by molar-refractivity contribution is 5.95. The maximum absolute atomic E-state index is 13.2. The van der Waals surface area contributed by atoms with Crippen LogP contribution in [0, 0.1) is 5.92 Å². The molecule has 1 amide bonds. The molecule has 0 spiro atoms. The predicted octanol–water partition coefficient (Wildman–Crippen LogP) is 2.45. The zero-order valence-electron chi connectivity index (χ0n) is 18.5. The van der Waals surface area contributed by atoms with Crippen LogP contribution in [0.25, 0.3) is 0 Å². The standard InChI is InChI=1S/C22H37N3O4/c1-16(2)19(27)21(5)11-9-7-6-8-10-12-29-20(28)25-14-22(15-25,24-17(3)4)18(26)13-23-21/h8,10,16-17,23-24H,6-7,9,11-15H2,1-5H3/t21-/m1/s1. The summed E-state index contributed by atoms with van der Waals surface area (Å²) in [6, 6.07) is 0.0920. The van der Waals surface area contributed by atoms with Gasteiger partial charge < -0.3 is 9.64 Å². The summed E-state index contributed by atoms with van der Waals surface area (Å²) in [5.74, 6) is 0.00136. The minimum absolute atomic E-state index is 0.0231. The van der Waals surface area contributed by atoms with E-state index in [9.17, 15) is 14.4 Å². The van der Waals surface area contributed by atoms with Crippen molar-refractivity contribution in [2.75, 3.05) is 26.2 Å². The average molecular weight is 408 g/mol. The van der Waals surface area contributed by atoms with Crippen LogP contribution in [0.2, 0.25) is 0 Å². The van der Waals surface area contributed by atoms with E-state index in [2.05, 4.69) is 10.6 Å². The second-order valence-corrected chi connectivity index (χ2v) is 9.16. The summed E-state index contributed by atoms with van der Waals surface area (Å²) >= 11 is 0. The first-order valence-electron chi connectivity index (χ1n) is 10.8. The lowest BCUT2D eigenvalue weighted by molar-refractivity contribution is -0.133. The molecule has 1 fully saturated rings. The summed E-state index contributed by atoms with van der Waals surface area (Å²) < 4.78 is 5.27. The molecule has 3 aliphatic heterocycles. The van der Waals surface area contributed by atoms with Crippen LogP contribution in [-0.4, -0.2) is 65.9 Å². The van der Waals surface area contributed by atoms with Gasteiger partial charge in [-0.2, -0.15) is 0 Å². The van der Waals surface area contributed by atoms with Crippen LogP contribution in [0.5, 0.6) is 0 Å². The highest BCUT2D eigenvalue weighted by Gasteiger charge is 2.51. The van der Waals surface area contributed by atoms with E-state index in [-0.39, 0.29) is 49.8 Å². The summed E-state index contributed by atoms with van der Waals surface area (Å²) in [5.41, 5.74) is -1.53. The van der Waals surface area contributed by atoms with Gasteiger partial charge in [-0.1, -0.05) is 32.4 Å². The van der Waals surface area contributed by atoms with E-state index in [4.69, 9.17) is 4.74 Å². The van der Waals surface area contributed by atoms with Crippen LogP contribution in [0.4, 0.5) is 4.79 Å². The van der Waals surface area contributed by atoms with Crippen LogP contribution < -0.4 is 10.6 Å². The van der Waals surface area contributed by atoms with Gasteiger partial charge in [-0.3, -0.25) is 20.2 Å². The molecular formula is C22H37N3O4. The van der Waals surface area contributed by atoms with Crippen molar-refractivity contribution in [3.63, 3.8) is 0 Å². The largest absolute Gasteiger partial charge is 0.445 e. The number of allylic oxidation sites excluding steroid dienone is 1. The molecule has 3 heterocycles. The molecule has 2 N–H and O–H groups in total. The van der Waals surface area contributed by atoms with Gasteiger partial charge in [-0.05, 0) is 40.0 Å². The van der Waals surface area contributed by atoms with Crippen molar-refractivity contribution >= 4 is 17.7 Å². The number of carbonyl (C=O) groups is 3. The van der Waals surface area contributed by atoms with Gasteiger partial charge in [0.1, 0.15) is 12.1 Å². The molecule has 164 valence electrons. The van der Waals surface area contributed by atoms with Gasteiger partial charge in [0, 0.05) is 12.0 Å². The molecule has 7 nitrogen and oxygen atoms in total. The molecule has 0 aromatic heterocycles. The van der Waals surface area contributed by atoms with Crippen LogP contribution in [0.15, 0.2) is 12.2 Å². The van der Waals surface area contributed by atoms with E-state index in [1.165, 1.54) is 0 Å². The van der Waals surface area contributed by atoms with Gasteiger partial charge in [0.2, 0.25) is 0 Å². The first kappa shape index (κ1) is 23.5. The van der Waals surface area contributed by atoms with E-state index in [1.54, 1.807) is 4.90 Å². The Morgan fingerprint density at radius 1 is 1.17 bits per heavy atom. The quantitative estimate of drug-likeness (QED) is 0.696. The number of Topliss-reactive ketones (excluding diaryl/α,β-unsaturated/α-hetero) is 2. The normalized spacial score (nSPS) is 29.7. The molecule has 1 atom stereocenters. The topological polar surface area (TPSA) is 87.7 Å². The van der Waals surface area contributed by atoms with Crippen molar-refractivity contribution in [1.29, 1.82) is 0 Å². The lowest BCUT2D eigenvalue weighted by Crippen LogP contribution is -2.76. The molecule has 0 aliphatic carbocycles. The molecule has 0 unspecified atom stereocenters. The van der Waals surface area contributed by atoms with Crippen LogP contribution in [0.3, 0.4) is 0 Å². The van der Waals surface area contributed by atoms with E-state index >= 15 is 0 Å². The molecule has 3 aliphatic rings. The molecule has 2 bridgehead atoms. The highest BCUT2D eigenvalue weighted by Crippen LogP contribution is 2.26. The van der Waals surface area contributed by atoms with Crippen molar-refractivity contribution in [3.8, 4) is 0 Å². The number of carbonyl (C=O) groups excluding carboxylic acids is 3. The number of ketones is 2. The Morgan fingerprint density at radius 2 is 1.86 bits per heavy atom. The second kappa shape index (κ2) is 9.85. The van der Waals surface area contributed by atoms with Gasteiger partial charge in [0.05, 0.1) is 25.2 Å². The highest BCUT2D eigenvalue weighted by atomic mass is 16.6. The summed E-state index contributed by atoms with van der Waals surface area (Å²) in [6.45, 7) is 10.6. The van der Waals surface area contributed by atoms with Gasteiger partial charge in [0.15, 0.2) is 11.6 Å². The Bertz CT molecular complexity index is 638. The monoisotopic (exact) mass is 407 g/mol. The summed E-state index contributed by atoms with van der Waals surface area (Å²) in [5, 5.41) is 6.62. The number of amides is 1.